The first-order valence-corrected chi connectivity index (χ1v) is 6.02. The van der Waals surface area contributed by atoms with Gasteiger partial charge in [-0.25, -0.2) is 0 Å². The number of ether oxygens (including phenoxy) is 1. The molecule has 1 amide bonds. The number of carbonyl (C=O) groups excluding carboxylic acids is 1. The van der Waals surface area contributed by atoms with Crippen molar-refractivity contribution in [3.05, 3.63) is 35.4 Å². The Labute approximate surface area is 103 Å². The van der Waals surface area contributed by atoms with Crippen molar-refractivity contribution in [1.29, 1.82) is 0 Å². The molecule has 3 nitrogen and oxygen atoms in total. The molecule has 0 aromatic heterocycles. The molecule has 1 rings (SSSR count). The molecule has 1 N–H and O–H groups in total. The molecule has 0 aliphatic carbocycles. The van der Waals surface area contributed by atoms with E-state index >= 15 is 0 Å². The molecular formula is C14H21NO2. The highest BCUT2D eigenvalue weighted by Gasteiger charge is 2.02. The summed E-state index contributed by atoms with van der Waals surface area (Å²) in [6.07, 6.45) is 0.951. The number of aryl methyl sites for hydroxylation is 1. The van der Waals surface area contributed by atoms with Crippen LogP contribution in [-0.2, 0) is 16.0 Å². The molecule has 0 saturated carbocycles. The number of benzene rings is 1. The summed E-state index contributed by atoms with van der Waals surface area (Å²) < 4.78 is 5.21. The van der Waals surface area contributed by atoms with Crippen LogP contribution in [0.1, 0.15) is 25.0 Å². The molecule has 0 fully saturated rings. The lowest BCUT2D eigenvalue weighted by molar-refractivity contribution is -0.127. The quantitative estimate of drug-likeness (QED) is 0.820. The third-order valence-electron chi connectivity index (χ3n) is 2.37. The van der Waals surface area contributed by atoms with Crippen LogP contribution >= 0.6 is 0 Å². The minimum Gasteiger partial charge on any atom is -0.369 e. The smallest absolute Gasteiger partial charge is 0.246 e. The van der Waals surface area contributed by atoms with Gasteiger partial charge in [0.2, 0.25) is 5.91 Å². The Hall–Kier alpha value is -1.35. The van der Waals surface area contributed by atoms with Gasteiger partial charge in [-0.05, 0) is 32.8 Å². The normalized spacial score (nSPS) is 10.6. The summed E-state index contributed by atoms with van der Waals surface area (Å²) in [7, 11) is 0. The SMILES string of the molecule is Cc1cccc(CCNC(=O)COC(C)C)c1. The zero-order valence-corrected chi connectivity index (χ0v) is 10.8. The van der Waals surface area contributed by atoms with Crippen LogP contribution in [0.15, 0.2) is 24.3 Å². The second-order valence-corrected chi connectivity index (χ2v) is 4.45. The second kappa shape index (κ2) is 7.07. The van der Waals surface area contributed by atoms with Crippen LogP contribution < -0.4 is 5.32 Å². The number of hydrogen-bond acceptors (Lipinski definition) is 2. The predicted molar refractivity (Wildman–Crippen MR) is 69.0 cm³/mol. The van der Waals surface area contributed by atoms with Crippen LogP contribution in [0, 0.1) is 6.92 Å². The fourth-order valence-corrected chi connectivity index (χ4v) is 1.51. The van der Waals surface area contributed by atoms with Gasteiger partial charge >= 0.3 is 0 Å². The average molecular weight is 235 g/mol. The molecular weight excluding hydrogens is 214 g/mol. The topological polar surface area (TPSA) is 38.3 Å². The first-order valence-electron chi connectivity index (χ1n) is 6.02. The Balaban J connectivity index is 2.21. The number of nitrogens with one attached hydrogen (secondary N) is 1. The summed E-state index contributed by atoms with van der Waals surface area (Å²) in [5, 5.41) is 2.84. The van der Waals surface area contributed by atoms with Crippen molar-refractivity contribution in [2.45, 2.75) is 33.3 Å². The van der Waals surface area contributed by atoms with Gasteiger partial charge in [-0.1, -0.05) is 29.8 Å². The van der Waals surface area contributed by atoms with E-state index in [1.165, 1.54) is 11.1 Å². The lowest BCUT2D eigenvalue weighted by atomic mass is 10.1. The van der Waals surface area contributed by atoms with Crippen LogP contribution in [0.4, 0.5) is 0 Å². The van der Waals surface area contributed by atoms with Gasteiger partial charge in [0.1, 0.15) is 6.61 Å². The Kier molecular flexibility index (Phi) is 5.70. The van der Waals surface area contributed by atoms with Gasteiger partial charge in [-0.3, -0.25) is 4.79 Å². The lowest BCUT2D eigenvalue weighted by Gasteiger charge is -2.08. The van der Waals surface area contributed by atoms with Crippen LogP contribution in [0.2, 0.25) is 0 Å². The molecule has 0 spiro atoms. The average Bonchev–Trinajstić information content (AvgIpc) is 2.26. The maximum Gasteiger partial charge on any atom is 0.246 e. The van der Waals surface area contributed by atoms with Gasteiger partial charge in [0.15, 0.2) is 0 Å². The van der Waals surface area contributed by atoms with Crippen LogP contribution in [0.3, 0.4) is 0 Å². The van der Waals surface area contributed by atoms with Crippen molar-refractivity contribution in [2.75, 3.05) is 13.2 Å². The molecule has 1 aromatic carbocycles. The van der Waals surface area contributed by atoms with Crippen molar-refractivity contribution in [2.24, 2.45) is 0 Å². The number of rotatable bonds is 6. The van der Waals surface area contributed by atoms with Gasteiger partial charge in [-0.15, -0.1) is 0 Å². The summed E-state index contributed by atoms with van der Waals surface area (Å²) in [4.78, 5) is 11.4. The molecule has 1 aromatic rings. The molecule has 0 bridgehead atoms. The molecule has 0 heterocycles. The maximum atomic E-state index is 11.4. The summed E-state index contributed by atoms with van der Waals surface area (Å²) in [6.45, 7) is 6.70. The van der Waals surface area contributed by atoms with E-state index < -0.39 is 0 Å². The largest absolute Gasteiger partial charge is 0.369 e. The number of amides is 1. The van der Waals surface area contributed by atoms with Gasteiger partial charge < -0.3 is 10.1 Å². The molecule has 0 atom stereocenters. The highest BCUT2D eigenvalue weighted by atomic mass is 16.5. The van der Waals surface area contributed by atoms with Crippen molar-refractivity contribution >= 4 is 5.91 Å². The molecule has 0 aliphatic heterocycles. The summed E-state index contributed by atoms with van der Waals surface area (Å²) in [6, 6.07) is 8.31. The van der Waals surface area contributed by atoms with Crippen LogP contribution in [0.25, 0.3) is 0 Å². The second-order valence-electron chi connectivity index (χ2n) is 4.45. The zero-order valence-electron chi connectivity index (χ0n) is 10.8. The predicted octanol–water partition coefficient (Wildman–Crippen LogP) is 2.08. The third kappa shape index (κ3) is 6.07. The lowest BCUT2D eigenvalue weighted by Crippen LogP contribution is -2.30. The van der Waals surface area contributed by atoms with Gasteiger partial charge in [-0.2, -0.15) is 0 Å². The minimum absolute atomic E-state index is 0.0497. The summed E-state index contributed by atoms with van der Waals surface area (Å²) in [5.41, 5.74) is 2.49. The first kappa shape index (κ1) is 13.7. The molecule has 3 heteroatoms. The Morgan fingerprint density at radius 1 is 1.41 bits per heavy atom. The van der Waals surface area contributed by atoms with Crippen LogP contribution in [-0.4, -0.2) is 25.2 Å². The fraction of sp³-hybridized carbons (Fsp3) is 0.500. The van der Waals surface area contributed by atoms with Gasteiger partial charge in [0, 0.05) is 6.54 Å². The maximum absolute atomic E-state index is 11.4. The van der Waals surface area contributed by atoms with E-state index in [4.69, 9.17) is 4.74 Å². The monoisotopic (exact) mass is 235 g/mol. The number of hydrogen-bond donors (Lipinski definition) is 1. The Morgan fingerprint density at radius 3 is 2.82 bits per heavy atom. The van der Waals surface area contributed by atoms with Gasteiger partial charge in [0.25, 0.3) is 0 Å². The van der Waals surface area contributed by atoms with E-state index in [1.54, 1.807) is 0 Å². The van der Waals surface area contributed by atoms with Crippen molar-refractivity contribution < 1.29 is 9.53 Å². The summed E-state index contributed by atoms with van der Waals surface area (Å²) >= 11 is 0. The highest BCUT2D eigenvalue weighted by Crippen LogP contribution is 2.03. The minimum atomic E-state index is -0.0497. The number of carbonyl (C=O) groups is 1. The Morgan fingerprint density at radius 2 is 2.18 bits per heavy atom. The van der Waals surface area contributed by atoms with Gasteiger partial charge in [0.05, 0.1) is 6.10 Å². The van der Waals surface area contributed by atoms with E-state index in [0.29, 0.717) is 6.54 Å². The van der Waals surface area contributed by atoms with Crippen molar-refractivity contribution in [3.63, 3.8) is 0 Å². The zero-order chi connectivity index (χ0) is 12.7. The fourth-order valence-electron chi connectivity index (χ4n) is 1.51. The van der Waals surface area contributed by atoms with E-state index in [2.05, 4.69) is 30.4 Å². The molecule has 0 aliphatic rings. The molecule has 0 saturated heterocycles. The molecule has 94 valence electrons. The Bertz CT molecular complexity index is 361. The summed E-state index contributed by atoms with van der Waals surface area (Å²) in [5.74, 6) is -0.0497. The van der Waals surface area contributed by atoms with E-state index in [9.17, 15) is 4.79 Å². The van der Waals surface area contributed by atoms with Crippen molar-refractivity contribution in [1.82, 2.24) is 5.32 Å². The molecule has 0 radical (unpaired) electrons. The third-order valence-corrected chi connectivity index (χ3v) is 2.37. The molecule has 0 unspecified atom stereocenters. The molecule has 17 heavy (non-hydrogen) atoms. The van der Waals surface area contributed by atoms with Crippen molar-refractivity contribution in [3.8, 4) is 0 Å². The highest BCUT2D eigenvalue weighted by molar-refractivity contribution is 5.77. The van der Waals surface area contributed by atoms with E-state index in [-0.39, 0.29) is 18.6 Å². The first-order chi connectivity index (χ1) is 8.08. The van der Waals surface area contributed by atoms with E-state index in [0.717, 1.165) is 6.42 Å². The standard InChI is InChI=1S/C14H21NO2/c1-11(2)17-10-14(16)15-8-7-13-6-4-5-12(3)9-13/h4-6,9,11H,7-8,10H2,1-3H3,(H,15,16). The van der Waals surface area contributed by atoms with E-state index in [1.807, 2.05) is 19.9 Å². The van der Waals surface area contributed by atoms with Crippen LogP contribution in [0.5, 0.6) is 0 Å².